The molecule has 0 aliphatic carbocycles. The molecule has 1 N–H and O–H groups in total. The predicted molar refractivity (Wildman–Crippen MR) is 65.9 cm³/mol. The lowest BCUT2D eigenvalue weighted by Gasteiger charge is -2.22. The predicted octanol–water partition coefficient (Wildman–Crippen LogP) is 1.66. The van der Waals surface area contributed by atoms with Crippen LogP contribution < -0.4 is 4.90 Å². The normalized spacial score (nSPS) is 10.1. The molecule has 1 aromatic rings. The molecule has 1 rings (SSSR count). The maximum absolute atomic E-state index is 11.9. The van der Waals surface area contributed by atoms with E-state index in [0.29, 0.717) is 17.2 Å². The highest BCUT2D eigenvalue weighted by molar-refractivity contribution is 7.11. The van der Waals surface area contributed by atoms with Crippen LogP contribution in [-0.4, -0.2) is 47.0 Å². The Morgan fingerprint density at radius 3 is 2.47 bits per heavy atom. The molecular weight excluding hydrogens is 242 g/mol. The number of hydrogen-bond donors (Lipinski definition) is 1. The van der Waals surface area contributed by atoms with Crippen molar-refractivity contribution in [2.75, 3.05) is 25.5 Å². The second-order valence-electron chi connectivity index (χ2n) is 3.61. The summed E-state index contributed by atoms with van der Waals surface area (Å²) in [5.74, 6) is -1.06. The van der Waals surface area contributed by atoms with E-state index in [1.165, 1.54) is 9.80 Å². The Morgan fingerprint density at radius 2 is 2.00 bits per heavy atom. The van der Waals surface area contributed by atoms with Crippen LogP contribution in [0.3, 0.4) is 0 Å². The molecule has 0 unspecified atom stereocenters. The van der Waals surface area contributed by atoms with Crippen molar-refractivity contribution in [3.05, 3.63) is 11.3 Å². The molecule has 1 aromatic heterocycles. The van der Waals surface area contributed by atoms with Crippen molar-refractivity contribution in [2.24, 2.45) is 0 Å². The highest BCUT2D eigenvalue weighted by Gasteiger charge is 2.25. The van der Waals surface area contributed by atoms with E-state index >= 15 is 0 Å². The molecule has 0 spiro atoms. The van der Waals surface area contributed by atoms with Gasteiger partial charge in [-0.2, -0.15) is 4.37 Å². The summed E-state index contributed by atoms with van der Waals surface area (Å²) in [5, 5.41) is 9.44. The van der Waals surface area contributed by atoms with Crippen LogP contribution in [0.5, 0.6) is 0 Å². The number of anilines is 1. The Balaban J connectivity index is 3.09. The summed E-state index contributed by atoms with van der Waals surface area (Å²) in [4.78, 5) is 25.8. The van der Waals surface area contributed by atoms with Gasteiger partial charge in [-0.3, -0.25) is 4.90 Å². The largest absolute Gasteiger partial charge is 0.478 e. The van der Waals surface area contributed by atoms with Gasteiger partial charge in [0.15, 0.2) is 0 Å². The van der Waals surface area contributed by atoms with Crippen molar-refractivity contribution in [3.8, 4) is 0 Å². The van der Waals surface area contributed by atoms with Crippen LogP contribution in [0.2, 0.25) is 0 Å². The Kier molecular flexibility index (Phi) is 4.06. The van der Waals surface area contributed by atoms with Gasteiger partial charge in [-0.05, 0) is 25.4 Å². The number of amides is 2. The lowest BCUT2D eigenvalue weighted by molar-refractivity contribution is 0.0697. The maximum atomic E-state index is 11.9. The number of rotatable bonds is 3. The molecule has 0 saturated heterocycles. The molecule has 0 fully saturated rings. The summed E-state index contributed by atoms with van der Waals surface area (Å²) in [6.45, 7) is 4.02. The Hall–Kier alpha value is -1.63. The number of aromatic carboxylic acids is 1. The number of aryl methyl sites for hydroxylation is 1. The molecule has 0 aliphatic rings. The molecular formula is C10H15N3O3S. The molecule has 0 bridgehead atoms. The third-order valence-electron chi connectivity index (χ3n) is 2.45. The molecule has 0 aliphatic heterocycles. The van der Waals surface area contributed by atoms with Crippen LogP contribution in [0.4, 0.5) is 9.80 Å². The fourth-order valence-electron chi connectivity index (χ4n) is 1.31. The zero-order valence-corrected chi connectivity index (χ0v) is 11.0. The van der Waals surface area contributed by atoms with Gasteiger partial charge in [-0.25, -0.2) is 9.59 Å². The Labute approximate surface area is 104 Å². The zero-order valence-electron chi connectivity index (χ0n) is 10.2. The monoisotopic (exact) mass is 257 g/mol. The van der Waals surface area contributed by atoms with Crippen molar-refractivity contribution in [3.63, 3.8) is 0 Å². The van der Waals surface area contributed by atoms with E-state index in [-0.39, 0.29) is 11.6 Å². The number of carbonyl (C=O) groups excluding carboxylic acids is 1. The van der Waals surface area contributed by atoms with Gasteiger partial charge in [0.25, 0.3) is 0 Å². The number of hydrogen-bond acceptors (Lipinski definition) is 4. The second kappa shape index (κ2) is 5.13. The summed E-state index contributed by atoms with van der Waals surface area (Å²) in [6, 6.07) is -0.251. The van der Waals surface area contributed by atoms with E-state index in [9.17, 15) is 9.59 Å². The Morgan fingerprint density at radius 1 is 1.41 bits per heavy atom. The molecule has 6 nitrogen and oxygen atoms in total. The van der Waals surface area contributed by atoms with Crippen LogP contribution >= 0.6 is 11.5 Å². The summed E-state index contributed by atoms with van der Waals surface area (Å²) in [6.07, 6.45) is 0. The zero-order chi connectivity index (χ0) is 13.2. The van der Waals surface area contributed by atoms with E-state index in [2.05, 4.69) is 4.37 Å². The van der Waals surface area contributed by atoms with Crippen molar-refractivity contribution < 1.29 is 14.7 Å². The van der Waals surface area contributed by atoms with Gasteiger partial charge >= 0.3 is 12.0 Å². The molecule has 0 aromatic carbocycles. The molecule has 7 heteroatoms. The first-order valence-corrected chi connectivity index (χ1v) is 5.85. The van der Waals surface area contributed by atoms with Gasteiger partial charge in [0.05, 0.1) is 5.69 Å². The summed E-state index contributed by atoms with van der Waals surface area (Å²) < 4.78 is 3.97. The average molecular weight is 257 g/mol. The van der Waals surface area contributed by atoms with Crippen molar-refractivity contribution >= 4 is 28.5 Å². The SMILES string of the molecule is CCN(C)C(=O)N(C)c1snc(C)c1C(=O)O. The fraction of sp³-hybridized carbons (Fsp3) is 0.500. The van der Waals surface area contributed by atoms with E-state index < -0.39 is 5.97 Å². The molecule has 0 radical (unpaired) electrons. The minimum atomic E-state index is -1.06. The number of carboxylic acids is 1. The minimum Gasteiger partial charge on any atom is -0.478 e. The highest BCUT2D eigenvalue weighted by atomic mass is 32.1. The van der Waals surface area contributed by atoms with Crippen LogP contribution in [0, 0.1) is 6.92 Å². The van der Waals surface area contributed by atoms with Crippen LogP contribution in [-0.2, 0) is 0 Å². The van der Waals surface area contributed by atoms with Crippen molar-refractivity contribution in [2.45, 2.75) is 13.8 Å². The highest BCUT2D eigenvalue weighted by Crippen LogP contribution is 2.28. The molecule has 2 amide bonds. The van der Waals surface area contributed by atoms with Crippen molar-refractivity contribution in [1.29, 1.82) is 0 Å². The van der Waals surface area contributed by atoms with E-state index in [4.69, 9.17) is 5.11 Å². The van der Waals surface area contributed by atoms with Crippen LogP contribution in [0.15, 0.2) is 0 Å². The first kappa shape index (κ1) is 13.4. The van der Waals surface area contributed by atoms with Crippen LogP contribution in [0.25, 0.3) is 0 Å². The number of nitrogens with zero attached hydrogens (tertiary/aromatic N) is 3. The quantitative estimate of drug-likeness (QED) is 0.893. The summed E-state index contributed by atoms with van der Waals surface area (Å²) in [5.41, 5.74) is 0.520. The second-order valence-corrected chi connectivity index (χ2v) is 4.36. The molecule has 17 heavy (non-hydrogen) atoms. The van der Waals surface area contributed by atoms with E-state index in [1.54, 1.807) is 21.0 Å². The fourth-order valence-corrected chi connectivity index (χ4v) is 2.15. The number of carbonyl (C=O) groups is 2. The standard InChI is InChI=1S/C10H15N3O3S/c1-5-12(3)10(16)13(4)8-7(9(14)15)6(2)11-17-8/h5H2,1-4H3,(H,14,15). The van der Waals surface area contributed by atoms with Gasteiger partial charge in [-0.1, -0.05) is 0 Å². The molecule has 0 atom stereocenters. The Bertz CT molecular complexity index is 444. The number of carboxylic acid groups (broad SMARTS) is 1. The summed E-state index contributed by atoms with van der Waals surface area (Å²) in [7, 11) is 3.21. The van der Waals surface area contributed by atoms with Gasteiger partial charge in [-0.15, -0.1) is 0 Å². The van der Waals surface area contributed by atoms with Gasteiger partial charge in [0.2, 0.25) is 0 Å². The molecule has 1 heterocycles. The maximum Gasteiger partial charge on any atom is 0.340 e. The first-order valence-electron chi connectivity index (χ1n) is 5.08. The van der Waals surface area contributed by atoms with E-state index in [0.717, 1.165) is 11.5 Å². The first-order chi connectivity index (χ1) is 7.90. The van der Waals surface area contributed by atoms with Gasteiger partial charge in [0, 0.05) is 20.6 Å². The topological polar surface area (TPSA) is 73.7 Å². The average Bonchev–Trinajstić information content (AvgIpc) is 2.68. The smallest absolute Gasteiger partial charge is 0.340 e. The van der Waals surface area contributed by atoms with Gasteiger partial charge < -0.3 is 10.0 Å². The molecule has 94 valence electrons. The summed E-state index contributed by atoms with van der Waals surface area (Å²) >= 11 is 1.02. The lowest BCUT2D eigenvalue weighted by Crippen LogP contribution is -2.38. The third-order valence-corrected chi connectivity index (χ3v) is 3.47. The van der Waals surface area contributed by atoms with Crippen molar-refractivity contribution in [1.82, 2.24) is 9.27 Å². The van der Waals surface area contributed by atoms with Crippen LogP contribution in [0.1, 0.15) is 23.0 Å². The molecule has 0 saturated carbocycles. The minimum absolute atomic E-state index is 0.0929. The lowest BCUT2D eigenvalue weighted by atomic mass is 10.2. The third kappa shape index (κ3) is 2.55. The number of urea groups is 1. The number of aromatic nitrogens is 1. The van der Waals surface area contributed by atoms with Gasteiger partial charge in [0.1, 0.15) is 10.6 Å². The van der Waals surface area contributed by atoms with E-state index in [1.807, 2.05) is 6.92 Å².